The second-order valence-corrected chi connectivity index (χ2v) is 11.3. The molecule has 0 saturated heterocycles. The number of aliphatic carboxylic acids is 1. The first-order chi connectivity index (χ1) is 17.0. The SMILES string of the molecule is Cc1ccccc1-c1cc(COCc2cccc(Cl)c2)ccc1C(=O)NC(CCS(C)(=O)=O)C(=O)O. The molecule has 190 valence electrons. The Kier molecular flexibility index (Phi) is 9.25. The van der Waals surface area contributed by atoms with Crippen molar-refractivity contribution in [3.05, 3.63) is 94.0 Å². The Morgan fingerprint density at radius 3 is 2.31 bits per heavy atom. The highest BCUT2D eigenvalue weighted by atomic mass is 35.5. The van der Waals surface area contributed by atoms with Gasteiger partial charge >= 0.3 is 5.97 Å². The Morgan fingerprint density at radius 1 is 0.972 bits per heavy atom. The van der Waals surface area contributed by atoms with Gasteiger partial charge in [-0.2, -0.15) is 0 Å². The van der Waals surface area contributed by atoms with Crippen molar-refractivity contribution in [3.8, 4) is 11.1 Å². The fourth-order valence-electron chi connectivity index (χ4n) is 3.72. The molecule has 0 aliphatic rings. The largest absolute Gasteiger partial charge is 0.480 e. The number of ether oxygens (including phenoxy) is 1. The second-order valence-electron chi connectivity index (χ2n) is 8.60. The van der Waals surface area contributed by atoms with Crippen LogP contribution in [-0.2, 0) is 32.6 Å². The van der Waals surface area contributed by atoms with Gasteiger partial charge in [-0.05, 0) is 65.4 Å². The Bertz CT molecular complexity index is 1360. The number of nitrogens with one attached hydrogen (secondary N) is 1. The zero-order chi connectivity index (χ0) is 26.3. The van der Waals surface area contributed by atoms with Crippen LogP contribution in [0.4, 0.5) is 0 Å². The van der Waals surface area contributed by atoms with E-state index < -0.39 is 27.8 Å². The summed E-state index contributed by atoms with van der Waals surface area (Å²) in [5, 5.41) is 12.6. The number of carboxylic acids is 1. The first-order valence-electron chi connectivity index (χ1n) is 11.3. The minimum absolute atomic E-state index is 0.227. The molecule has 0 aromatic heterocycles. The molecule has 0 aliphatic carbocycles. The van der Waals surface area contributed by atoms with E-state index in [0.717, 1.165) is 28.5 Å². The number of halogens is 1. The van der Waals surface area contributed by atoms with Crippen molar-refractivity contribution in [1.29, 1.82) is 0 Å². The summed E-state index contributed by atoms with van der Waals surface area (Å²) in [6.07, 6.45) is 0.798. The lowest BCUT2D eigenvalue weighted by Gasteiger charge is -2.18. The zero-order valence-electron chi connectivity index (χ0n) is 20.0. The lowest BCUT2D eigenvalue weighted by Crippen LogP contribution is -2.42. The summed E-state index contributed by atoms with van der Waals surface area (Å²) in [7, 11) is -3.38. The predicted octanol–water partition coefficient (Wildman–Crippen LogP) is 4.65. The molecule has 1 atom stereocenters. The van der Waals surface area contributed by atoms with Crippen LogP contribution in [-0.4, -0.2) is 43.5 Å². The van der Waals surface area contributed by atoms with Crippen LogP contribution < -0.4 is 5.32 Å². The van der Waals surface area contributed by atoms with Crippen molar-refractivity contribution in [2.45, 2.75) is 32.6 Å². The minimum atomic E-state index is -3.38. The van der Waals surface area contributed by atoms with Gasteiger partial charge in [-0.25, -0.2) is 13.2 Å². The van der Waals surface area contributed by atoms with E-state index in [1.54, 1.807) is 18.2 Å². The average molecular weight is 530 g/mol. The van der Waals surface area contributed by atoms with E-state index in [0.29, 0.717) is 23.8 Å². The number of hydrogen-bond acceptors (Lipinski definition) is 5. The molecule has 0 saturated carbocycles. The van der Waals surface area contributed by atoms with Gasteiger partial charge < -0.3 is 15.2 Å². The van der Waals surface area contributed by atoms with Gasteiger partial charge in [0.1, 0.15) is 15.9 Å². The number of amides is 1. The molecule has 2 N–H and O–H groups in total. The molecule has 0 spiro atoms. The van der Waals surface area contributed by atoms with Crippen molar-refractivity contribution in [3.63, 3.8) is 0 Å². The number of carbonyl (C=O) groups is 2. The number of carboxylic acid groups (broad SMARTS) is 1. The number of aryl methyl sites for hydroxylation is 1. The summed E-state index contributed by atoms with van der Waals surface area (Å²) in [5.41, 5.74) is 4.44. The molecule has 7 nitrogen and oxygen atoms in total. The van der Waals surface area contributed by atoms with Crippen LogP contribution in [0.15, 0.2) is 66.7 Å². The van der Waals surface area contributed by atoms with Crippen LogP contribution in [0.1, 0.15) is 33.5 Å². The van der Waals surface area contributed by atoms with Crippen LogP contribution >= 0.6 is 11.6 Å². The fraction of sp³-hybridized carbons (Fsp3) is 0.259. The van der Waals surface area contributed by atoms with Crippen LogP contribution in [0.25, 0.3) is 11.1 Å². The highest BCUT2D eigenvalue weighted by molar-refractivity contribution is 7.90. The summed E-state index contributed by atoms with van der Waals surface area (Å²) < 4.78 is 28.8. The maximum Gasteiger partial charge on any atom is 0.326 e. The molecule has 0 bridgehead atoms. The topological polar surface area (TPSA) is 110 Å². The molecule has 3 rings (SSSR count). The van der Waals surface area contributed by atoms with E-state index in [1.807, 2.05) is 55.5 Å². The van der Waals surface area contributed by atoms with Gasteiger partial charge in [0.25, 0.3) is 5.91 Å². The fourth-order valence-corrected chi connectivity index (χ4v) is 4.59. The molecule has 3 aromatic rings. The summed E-state index contributed by atoms with van der Waals surface area (Å²) in [4.78, 5) is 24.8. The Balaban J connectivity index is 1.85. The van der Waals surface area contributed by atoms with Crippen molar-refractivity contribution < 1.29 is 27.9 Å². The van der Waals surface area contributed by atoms with Crippen molar-refractivity contribution >= 4 is 33.3 Å². The lowest BCUT2D eigenvalue weighted by molar-refractivity contribution is -0.139. The maximum absolute atomic E-state index is 13.2. The standard InChI is InChI=1S/C27H28ClNO6S/c1-18-6-3-4-9-22(18)24-15-20(17-35-16-19-7-5-8-21(28)14-19)10-11-23(24)26(30)29-25(27(31)32)12-13-36(2,33)34/h3-11,14-15,25H,12-13,16-17H2,1-2H3,(H,29,30)(H,31,32). The van der Waals surface area contributed by atoms with Crippen LogP contribution in [0.3, 0.4) is 0 Å². The van der Waals surface area contributed by atoms with Gasteiger partial charge in [0.2, 0.25) is 0 Å². The van der Waals surface area contributed by atoms with Crippen molar-refractivity contribution in [1.82, 2.24) is 5.32 Å². The molecule has 3 aromatic carbocycles. The third-order valence-corrected chi connectivity index (χ3v) is 6.78. The molecule has 1 unspecified atom stereocenters. The highest BCUT2D eigenvalue weighted by Crippen LogP contribution is 2.29. The zero-order valence-corrected chi connectivity index (χ0v) is 21.6. The van der Waals surface area contributed by atoms with Gasteiger partial charge in [0, 0.05) is 16.8 Å². The Labute approximate surface area is 216 Å². The number of sulfone groups is 1. The van der Waals surface area contributed by atoms with Gasteiger partial charge in [-0.3, -0.25) is 4.79 Å². The monoisotopic (exact) mass is 529 g/mol. The molecular formula is C27H28ClNO6S. The molecule has 0 radical (unpaired) electrons. The third kappa shape index (κ3) is 7.91. The number of rotatable bonds is 11. The van der Waals surface area contributed by atoms with Crippen LogP contribution in [0.2, 0.25) is 5.02 Å². The number of carbonyl (C=O) groups excluding carboxylic acids is 1. The molecule has 0 aliphatic heterocycles. The molecular weight excluding hydrogens is 502 g/mol. The highest BCUT2D eigenvalue weighted by Gasteiger charge is 2.24. The maximum atomic E-state index is 13.2. The molecule has 1 amide bonds. The van der Waals surface area contributed by atoms with Gasteiger partial charge in [-0.15, -0.1) is 0 Å². The number of benzene rings is 3. The molecule has 9 heteroatoms. The summed E-state index contributed by atoms with van der Waals surface area (Å²) in [5.74, 6) is -2.24. The number of hydrogen-bond donors (Lipinski definition) is 2. The Hall–Kier alpha value is -3.20. The van der Waals surface area contributed by atoms with Crippen molar-refractivity contribution in [2.24, 2.45) is 0 Å². The normalized spacial score (nSPS) is 12.2. The van der Waals surface area contributed by atoms with Crippen molar-refractivity contribution in [2.75, 3.05) is 12.0 Å². The lowest BCUT2D eigenvalue weighted by atomic mass is 9.93. The summed E-state index contributed by atoms with van der Waals surface area (Å²) in [6.45, 7) is 2.58. The summed E-state index contributed by atoms with van der Waals surface area (Å²) >= 11 is 6.03. The predicted molar refractivity (Wildman–Crippen MR) is 140 cm³/mol. The van der Waals surface area contributed by atoms with E-state index in [-0.39, 0.29) is 17.7 Å². The van der Waals surface area contributed by atoms with Crippen LogP contribution in [0.5, 0.6) is 0 Å². The van der Waals surface area contributed by atoms with E-state index >= 15 is 0 Å². The Morgan fingerprint density at radius 2 is 1.67 bits per heavy atom. The third-order valence-electron chi connectivity index (χ3n) is 5.57. The first kappa shape index (κ1) is 27.4. The van der Waals surface area contributed by atoms with Gasteiger partial charge in [0.15, 0.2) is 0 Å². The van der Waals surface area contributed by atoms with E-state index in [9.17, 15) is 23.1 Å². The minimum Gasteiger partial charge on any atom is -0.480 e. The molecule has 0 fully saturated rings. The second kappa shape index (κ2) is 12.2. The van der Waals surface area contributed by atoms with E-state index in [1.165, 1.54) is 0 Å². The van der Waals surface area contributed by atoms with Gasteiger partial charge in [0.05, 0.1) is 19.0 Å². The smallest absolute Gasteiger partial charge is 0.326 e. The quantitative estimate of drug-likeness (QED) is 0.374. The van der Waals surface area contributed by atoms with Crippen LogP contribution in [0, 0.1) is 6.92 Å². The first-order valence-corrected chi connectivity index (χ1v) is 13.7. The van der Waals surface area contributed by atoms with E-state index in [2.05, 4.69) is 5.32 Å². The molecule has 36 heavy (non-hydrogen) atoms. The van der Waals surface area contributed by atoms with Gasteiger partial charge in [-0.1, -0.05) is 54.1 Å². The average Bonchev–Trinajstić information content (AvgIpc) is 2.81. The van der Waals surface area contributed by atoms with E-state index in [4.69, 9.17) is 16.3 Å². The molecule has 0 heterocycles. The summed E-state index contributed by atoms with van der Waals surface area (Å²) in [6, 6.07) is 18.8.